The minimum Gasteiger partial charge on any atom is -0.486 e. The summed E-state index contributed by atoms with van der Waals surface area (Å²) in [5.41, 5.74) is 0. The van der Waals surface area contributed by atoms with E-state index in [1.807, 2.05) is 24.3 Å². The number of nitrogens with one attached hydrogen (secondary N) is 2. The second-order valence-electron chi connectivity index (χ2n) is 5.02. The van der Waals surface area contributed by atoms with Gasteiger partial charge in [-0.25, -0.2) is 0 Å². The van der Waals surface area contributed by atoms with Crippen LogP contribution in [-0.4, -0.2) is 25.5 Å². The summed E-state index contributed by atoms with van der Waals surface area (Å²) in [6, 6.07) is 11.0. The number of carbonyl (C=O) groups is 1. The Morgan fingerprint density at radius 1 is 1.22 bits per heavy atom. The molecule has 0 bridgehead atoms. The van der Waals surface area contributed by atoms with Gasteiger partial charge in [0.15, 0.2) is 5.76 Å². The van der Waals surface area contributed by atoms with Gasteiger partial charge in [0.2, 0.25) is 0 Å². The van der Waals surface area contributed by atoms with Crippen LogP contribution < -0.4 is 15.4 Å². The first-order valence-electron chi connectivity index (χ1n) is 7.65. The molecule has 2 aromatic rings. The van der Waals surface area contributed by atoms with Crippen LogP contribution in [-0.2, 0) is 6.61 Å². The van der Waals surface area contributed by atoms with Crippen molar-refractivity contribution in [2.75, 3.05) is 19.6 Å². The van der Waals surface area contributed by atoms with Crippen LogP contribution in [0.2, 0.25) is 0 Å². The monoisotopic (exact) mass is 380 g/mol. The lowest BCUT2D eigenvalue weighted by molar-refractivity contribution is 0.0922. The zero-order chi connectivity index (χ0) is 16.5. The molecule has 124 valence electrons. The molecule has 0 saturated heterocycles. The van der Waals surface area contributed by atoms with Crippen molar-refractivity contribution in [3.63, 3.8) is 0 Å². The van der Waals surface area contributed by atoms with Crippen molar-refractivity contribution in [3.8, 4) is 5.75 Å². The number of furan rings is 1. The van der Waals surface area contributed by atoms with E-state index in [9.17, 15) is 4.79 Å². The molecule has 2 N–H and O–H groups in total. The van der Waals surface area contributed by atoms with Crippen molar-refractivity contribution >= 4 is 21.8 Å². The van der Waals surface area contributed by atoms with E-state index in [0.29, 0.717) is 18.1 Å². The van der Waals surface area contributed by atoms with E-state index in [4.69, 9.17) is 9.15 Å². The maximum Gasteiger partial charge on any atom is 0.287 e. The second kappa shape index (κ2) is 9.37. The Morgan fingerprint density at radius 2 is 2.09 bits per heavy atom. The summed E-state index contributed by atoms with van der Waals surface area (Å²) in [4.78, 5) is 11.9. The van der Waals surface area contributed by atoms with E-state index in [1.165, 1.54) is 0 Å². The number of carbonyl (C=O) groups excluding carboxylic acids is 1. The van der Waals surface area contributed by atoms with E-state index in [0.717, 1.165) is 29.7 Å². The smallest absolute Gasteiger partial charge is 0.287 e. The summed E-state index contributed by atoms with van der Waals surface area (Å²) >= 11 is 3.39. The van der Waals surface area contributed by atoms with Gasteiger partial charge in [-0.15, -0.1) is 0 Å². The van der Waals surface area contributed by atoms with Gasteiger partial charge in [0.1, 0.15) is 18.1 Å². The van der Waals surface area contributed by atoms with Crippen LogP contribution in [0.25, 0.3) is 0 Å². The fraction of sp³-hybridized carbons (Fsp3) is 0.353. The lowest BCUT2D eigenvalue weighted by Gasteiger charge is -2.05. The van der Waals surface area contributed by atoms with Crippen molar-refractivity contribution < 1.29 is 13.9 Å². The van der Waals surface area contributed by atoms with Gasteiger partial charge in [-0.05, 0) is 43.3 Å². The highest BCUT2D eigenvalue weighted by Gasteiger charge is 2.10. The summed E-state index contributed by atoms with van der Waals surface area (Å²) in [6.45, 7) is 4.66. The predicted molar refractivity (Wildman–Crippen MR) is 92.7 cm³/mol. The molecule has 0 unspecified atom stereocenters. The third kappa shape index (κ3) is 6.08. The van der Waals surface area contributed by atoms with Crippen LogP contribution in [0, 0.1) is 0 Å². The van der Waals surface area contributed by atoms with Crippen LogP contribution >= 0.6 is 15.9 Å². The Morgan fingerprint density at radius 3 is 2.87 bits per heavy atom. The normalized spacial score (nSPS) is 10.5. The van der Waals surface area contributed by atoms with Crippen molar-refractivity contribution in [1.82, 2.24) is 10.6 Å². The topological polar surface area (TPSA) is 63.5 Å². The number of benzene rings is 1. The molecule has 0 aliphatic carbocycles. The highest BCUT2D eigenvalue weighted by Crippen LogP contribution is 2.19. The van der Waals surface area contributed by atoms with Crippen LogP contribution in [0.4, 0.5) is 0 Å². The minimum absolute atomic E-state index is 0.211. The fourth-order valence-electron chi connectivity index (χ4n) is 1.94. The molecule has 0 saturated carbocycles. The lowest BCUT2D eigenvalue weighted by Crippen LogP contribution is -2.31. The molecule has 1 heterocycles. The molecule has 0 aliphatic heterocycles. The SMILES string of the molecule is CCCNCCNC(=O)c1ccc(COc2cccc(Br)c2)o1. The van der Waals surface area contributed by atoms with Crippen molar-refractivity contribution in [1.29, 1.82) is 0 Å². The van der Waals surface area contributed by atoms with E-state index < -0.39 is 0 Å². The molecular weight excluding hydrogens is 360 g/mol. The molecular formula is C17H21BrN2O3. The Hall–Kier alpha value is -1.79. The van der Waals surface area contributed by atoms with Gasteiger partial charge in [-0.3, -0.25) is 4.79 Å². The fourth-order valence-corrected chi connectivity index (χ4v) is 2.32. The molecule has 2 rings (SSSR count). The Kier molecular flexibility index (Phi) is 7.16. The average Bonchev–Trinajstić information content (AvgIpc) is 3.02. The summed E-state index contributed by atoms with van der Waals surface area (Å²) < 4.78 is 12.1. The number of halogens is 1. The van der Waals surface area contributed by atoms with Gasteiger partial charge in [0, 0.05) is 17.6 Å². The van der Waals surface area contributed by atoms with Gasteiger partial charge >= 0.3 is 0 Å². The van der Waals surface area contributed by atoms with E-state index in [1.54, 1.807) is 12.1 Å². The number of hydrogen-bond donors (Lipinski definition) is 2. The van der Waals surface area contributed by atoms with Crippen LogP contribution in [0.5, 0.6) is 5.75 Å². The minimum atomic E-state index is -0.211. The summed E-state index contributed by atoms with van der Waals surface area (Å²) in [6.07, 6.45) is 1.08. The van der Waals surface area contributed by atoms with E-state index in [2.05, 4.69) is 33.5 Å². The quantitative estimate of drug-likeness (QED) is 0.654. The zero-order valence-corrected chi connectivity index (χ0v) is 14.7. The van der Waals surface area contributed by atoms with Gasteiger partial charge in [-0.2, -0.15) is 0 Å². The number of ether oxygens (including phenoxy) is 1. The highest BCUT2D eigenvalue weighted by atomic mass is 79.9. The third-order valence-corrected chi connectivity index (χ3v) is 3.57. The molecule has 5 nitrogen and oxygen atoms in total. The standard InChI is InChI=1S/C17H21BrN2O3/c1-2-8-19-9-10-20-17(21)16-7-6-15(23-16)12-22-14-5-3-4-13(18)11-14/h3-7,11,19H,2,8-10,12H2,1H3,(H,20,21). The first-order valence-corrected chi connectivity index (χ1v) is 8.44. The van der Waals surface area contributed by atoms with E-state index in [-0.39, 0.29) is 12.5 Å². The molecule has 1 amide bonds. The molecule has 0 aliphatic rings. The summed E-state index contributed by atoms with van der Waals surface area (Å²) in [5, 5.41) is 6.03. The zero-order valence-electron chi connectivity index (χ0n) is 13.1. The first kappa shape index (κ1) is 17.6. The Labute approximate surface area is 144 Å². The Bertz CT molecular complexity index is 628. The average molecular weight is 381 g/mol. The highest BCUT2D eigenvalue weighted by molar-refractivity contribution is 9.10. The molecule has 1 aromatic carbocycles. The molecule has 0 spiro atoms. The molecule has 0 fully saturated rings. The van der Waals surface area contributed by atoms with Gasteiger partial charge in [-0.1, -0.05) is 28.9 Å². The largest absolute Gasteiger partial charge is 0.486 e. The Balaban J connectivity index is 1.77. The van der Waals surface area contributed by atoms with Crippen LogP contribution in [0.15, 0.2) is 45.3 Å². The molecule has 6 heteroatoms. The predicted octanol–water partition coefficient (Wildman–Crippen LogP) is 3.35. The maximum atomic E-state index is 11.9. The van der Waals surface area contributed by atoms with Crippen molar-refractivity contribution in [2.24, 2.45) is 0 Å². The second-order valence-corrected chi connectivity index (χ2v) is 5.93. The molecule has 23 heavy (non-hydrogen) atoms. The summed E-state index contributed by atoms with van der Waals surface area (Å²) in [7, 11) is 0. The number of amides is 1. The maximum absolute atomic E-state index is 11.9. The van der Waals surface area contributed by atoms with Crippen LogP contribution in [0.1, 0.15) is 29.7 Å². The van der Waals surface area contributed by atoms with Gasteiger partial charge < -0.3 is 19.8 Å². The van der Waals surface area contributed by atoms with E-state index >= 15 is 0 Å². The molecule has 0 radical (unpaired) electrons. The van der Waals surface area contributed by atoms with Crippen molar-refractivity contribution in [2.45, 2.75) is 20.0 Å². The molecule has 1 aromatic heterocycles. The van der Waals surface area contributed by atoms with Gasteiger partial charge in [0.05, 0.1) is 0 Å². The first-order chi connectivity index (χ1) is 11.2. The lowest BCUT2D eigenvalue weighted by atomic mass is 10.3. The summed E-state index contributed by atoms with van der Waals surface area (Å²) in [5.74, 6) is 1.44. The number of rotatable bonds is 9. The third-order valence-electron chi connectivity index (χ3n) is 3.08. The van der Waals surface area contributed by atoms with Crippen LogP contribution in [0.3, 0.4) is 0 Å². The molecule has 0 atom stereocenters. The number of hydrogen-bond acceptors (Lipinski definition) is 4. The van der Waals surface area contributed by atoms with Gasteiger partial charge in [0.25, 0.3) is 5.91 Å². The van der Waals surface area contributed by atoms with Crippen molar-refractivity contribution in [3.05, 3.63) is 52.4 Å².